The summed E-state index contributed by atoms with van der Waals surface area (Å²) in [5, 5.41) is 0. The molecule has 20 heavy (non-hydrogen) atoms. The van der Waals surface area contributed by atoms with Crippen LogP contribution in [0.5, 0.6) is 0 Å². The molecule has 2 N–H and O–H groups in total. The number of nitrogens with two attached hydrogens (primary N) is 1. The maximum absolute atomic E-state index is 13.2. The van der Waals surface area contributed by atoms with Crippen molar-refractivity contribution in [1.82, 2.24) is 0 Å². The Morgan fingerprint density at radius 1 is 1.10 bits per heavy atom. The zero-order chi connectivity index (χ0) is 14.5. The molecule has 0 amide bonds. The van der Waals surface area contributed by atoms with Crippen LogP contribution in [-0.2, 0) is 6.42 Å². The minimum Gasteiger partial charge on any atom is -0.327 e. The SMILES string of the molecule is NC(CSc1ccc(Br)cc1)Cc1ccc(F)c(Br)c1. The van der Waals surface area contributed by atoms with Crippen LogP contribution in [0.1, 0.15) is 5.56 Å². The van der Waals surface area contributed by atoms with Crippen molar-refractivity contribution < 1.29 is 4.39 Å². The monoisotopic (exact) mass is 417 g/mol. The van der Waals surface area contributed by atoms with E-state index in [1.807, 2.05) is 12.1 Å². The van der Waals surface area contributed by atoms with Gasteiger partial charge in [0.15, 0.2) is 0 Å². The molecule has 1 unspecified atom stereocenters. The first-order chi connectivity index (χ1) is 9.54. The summed E-state index contributed by atoms with van der Waals surface area (Å²) in [7, 11) is 0. The summed E-state index contributed by atoms with van der Waals surface area (Å²) >= 11 is 8.34. The summed E-state index contributed by atoms with van der Waals surface area (Å²) in [6.07, 6.45) is 0.739. The third-order valence-electron chi connectivity index (χ3n) is 2.76. The number of rotatable bonds is 5. The van der Waals surface area contributed by atoms with Crippen LogP contribution >= 0.6 is 43.6 Å². The molecule has 0 saturated carbocycles. The number of benzene rings is 2. The highest BCUT2D eigenvalue weighted by molar-refractivity contribution is 9.10. The van der Waals surface area contributed by atoms with Crippen molar-refractivity contribution in [3.05, 3.63) is 62.8 Å². The zero-order valence-corrected chi connectivity index (χ0v) is 14.6. The second-order valence-corrected chi connectivity index (χ2v) is 7.34. The van der Waals surface area contributed by atoms with Gasteiger partial charge in [-0.25, -0.2) is 4.39 Å². The Bertz CT molecular complexity index is 575. The van der Waals surface area contributed by atoms with Crippen LogP contribution in [0.25, 0.3) is 0 Å². The van der Waals surface area contributed by atoms with Crippen molar-refractivity contribution in [1.29, 1.82) is 0 Å². The molecule has 0 aliphatic rings. The molecule has 1 nitrogen and oxygen atoms in total. The Balaban J connectivity index is 1.87. The van der Waals surface area contributed by atoms with Gasteiger partial charge in [0.05, 0.1) is 4.47 Å². The summed E-state index contributed by atoms with van der Waals surface area (Å²) in [6.45, 7) is 0. The summed E-state index contributed by atoms with van der Waals surface area (Å²) in [5.74, 6) is 0.586. The molecule has 2 aromatic rings. The fraction of sp³-hybridized carbons (Fsp3) is 0.200. The lowest BCUT2D eigenvalue weighted by molar-refractivity contribution is 0.619. The number of thioether (sulfide) groups is 1. The molecule has 0 heterocycles. The number of hydrogen-bond donors (Lipinski definition) is 1. The zero-order valence-electron chi connectivity index (χ0n) is 10.7. The van der Waals surface area contributed by atoms with Gasteiger partial charge in [0, 0.05) is 21.2 Å². The van der Waals surface area contributed by atoms with E-state index in [1.165, 1.54) is 11.0 Å². The third kappa shape index (κ3) is 4.88. The highest BCUT2D eigenvalue weighted by Crippen LogP contribution is 2.22. The van der Waals surface area contributed by atoms with Crippen molar-refractivity contribution >= 4 is 43.6 Å². The first kappa shape index (κ1) is 16.0. The molecule has 0 aromatic heterocycles. The fourth-order valence-electron chi connectivity index (χ4n) is 1.76. The minimum absolute atomic E-state index is 0.0426. The van der Waals surface area contributed by atoms with Gasteiger partial charge in [-0.2, -0.15) is 0 Å². The highest BCUT2D eigenvalue weighted by atomic mass is 79.9. The van der Waals surface area contributed by atoms with Crippen LogP contribution in [0.15, 0.2) is 56.3 Å². The third-order valence-corrected chi connectivity index (χ3v) is 5.10. The molecule has 0 aliphatic heterocycles. The lowest BCUT2D eigenvalue weighted by Gasteiger charge is -2.12. The van der Waals surface area contributed by atoms with Gasteiger partial charge in [0.1, 0.15) is 5.82 Å². The Kier molecular flexibility index (Phi) is 6.08. The molecule has 0 aliphatic carbocycles. The van der Waals surface area contributed by atoms with Gasteiger partial charge in [-0.1, -0.05) is 22.0 Å². The number of halogens is 3. The van der Waals surface area contributed by atoms with Crippen LogP contribution in [0.3, 0.4) is 0 Å². The molecule has 0 radical (unpaired) electrons. The Hall–Kier alpha value is -0.360. The van der Waals surface area contributed by atoms with E-state index >= 15 is 0 Å². The van der Waals surface area contributed by atoms with Gasteiger partial charge >= 0.3 is 0 Å². The minimum atomic E-state index is -0.244. The lowest BCUT2D eigenvalue weighted by atomic mass is 10.1. The second-order valence-electron chi connectivity index (χ2n) is 4.48. The standard InChI is InChI=1S/C15H14Br2FNS/c16-11-2-4-13(5-3-11)20-9-12(19)7-10-1-6-15(18)14(17)8-10/h1-6,8,12H,7,9,19H2. The van der Waals surface area contributed by atoms with Crippen LogP contribution in [0, 0.1) is 5.82 Å². The molecule has 5 heteroatoms. The van der Waals surface area contributed by atoms with Gasteiger partial charge in [0.25, 0.3) is 0 Å². The van der Waals surface area contributed by atoms with Crippen LogP contribution < -0.4 is 5.73 Å². The van der Waals surface area contributed by atoms with Gasteiger partial charge in [0.2, 0.25) is 0 Å². The van der Waals surface area contributed by atoms with Crippen LogP contribution in [0.2, 0.25) is 0 Å². The molecular weight excluding hydrogens is 405 g/mol. The van der Waals surface area contributed by atoms with Crippen molar-refractivity contribution in [2.45, 2.75) is 17.4 Å². The molecule has 106 valence electrons. The van der Waals surface area contributed by atoms with E-state index in [2.05, 4.69) is 44.0 Å². The van der Waals surface area contributed by atoms with Crippen molar-refractivity contribution in [3.8, 4) is 0 Å². The van der Waals surface area contributed by atoms with E-state index in [1.54, 1.807) is 23.9 Å². The molecule has 1 atom stereocenters. The van der Waals surface area contributed by atoms with E-state index < -0.39 is 0 Å². The molecule has 0 spiro atoms. The van der Waals surface area contributed by atoms with E-state index in [-0.39, 0.29) is 11.9 Å². The summed E-state index contributed by atoms with van der Waals surface area (Å²) in [5.41, 5.74) is 7.18. The topological polar surface area (TPSA) is 26.0 Å². The molecule has 0 bridgehead atoms. The van der Waals surface area contributed by atoms with E-state index in [0.29, 0.717) is 4.47 Å². The molecular formula is C15H14Br2FNS. The largest absolute Gasteiger partial charge is 0.327 e. The Morgan fingerprint density at radius 3 is 2.45 bits per heavy atom. The maximum Gasteiger partial charge on any atom is 0.137 e. The van der Waals surface area contributed by atoms with E-state index in [4.69, 9.17) is 5.73 Å². The average molecular weight is 419 g/mol. The second kappa shape index (κ2) is 7.59. The summed E-state index contributed by atoms with van der Waals surface area (Å²) < 4.78 is 14.7. The lowest BCUT2D eigenvalue weighted by Crippen LogP contribution is -2.25. The predicted molar refractivity (Wildman–Crippen MR) is 90.6 cm³/mol. The molecule has 2 aromatic carbocycles. The van der Waals surface area contributed by atoms with Gasteiger partial charge < -0.3 is 5.73 Å². The van der Waals surface area contributed by atoms with Crippen molar-refractivity contribution in [3.63, 3.8) is 0 Å². The van der Waals surface area contributed by atoms with Crippen LogP contribution in [0.4, 0.5) is 4.39 Å². The van der Waals surface area contributed by atoms with E-state index in [9.17, 15) is 4.39 Å². The first-order valence-corrected chi connectivity index (χ1v) is 8.69. The Morgan fingerprint density at radius 2 is 1.80 bits per heavy atom. The smallest absolute Gasteiger partial charge is 0.137 e. The van der Waals surface area contributed by atoms with E-state index in [0.717, 1.165) is 22.2 Å². The fourth-order valence-corrected chi connectivity index (χ4v) is 3.31. The van der Waals surface area contributed by atoms with Crippen molar-refractivity contribution in [2.24, 2.45) is 5.73 Å². The normalized spacial score (nSPS) is 12.4. The van der Waals surface area contributed by atoms with Crippen molar-refractivity contribution in [2.75, 3.05) is 5.75 Å². The molecule has 0 fully saturated rings. The first-order valence-electron chi connectivity index (χ1n) is 6.12. The van der Waals surface area contributed by atoms with Gasteiger partial charge in [-0.3, -0.25) is 0 Å². The van der Waals surface area contributed by atoms with Gasteiger partial charge in [-0.05, 0) is 64.3 Å². The average Bonchev–Trinajstić information content (AvgIpc) is 2.42. The van der Waals surface area contributed by atoms with Gasteiger partial charge in [-0.15, -0.1) is 11.8 Å². The number of hydrogen-bond acceptors (Lipinski definition) is 2. The summed E-state index contributed by atoms with van der Waals surface area (Å²) in [6, 6.07) is 13.3. The predicted octanol–water partition coefficient (Wildman–Crippen LogP) is 5.01. The Labute approximate surface area is 139 Å². The highest BCUT2D eigenvalue weighted by Gasteiger charge is 2.07. The molecule has 2 rings (SSSR count). The van der Waals surface area contributed by atoms with Crippen LogP contribution in [-0.4, -0.2) is 11.8 Å². The summed E-state index contributed by atoms with van der Waals surface area (Å²) in [4.78, 5) is 1.20. The maximum atomic E-state index is 13.2. The quantitative estimate of drug-likeness (QED) is 0.690. The molecule has 0 saturated heterocycles.